The van der Waals surface area contributed by atoms with Crippen molar-refractivity contribution in [1.29, 1.82) is 0 Å². The highest BCUT2D eigenvalue weighted by Gasteiger charge is 2.23. The van der Waals surface area contributed by atoms with E-state index in [1.165, 1.54) is 5.57 Å². The zero-order valence-corrected chi connectivity index (χ0v) is 17.0. The maximum absolute atomic E-state index is 4.82. The Balaban J connectivity index is 1.63. The summed E-state index contributed by atoms with van der Waals surface area (Å²) in [5, 5.41) is 10.4. The van der Waals surface area contributed by atoms with E-state index in [1.54, 1.807) is 6.20 Å². The van der Waals surface area contributed by atoms with Gasteiger partial charge in [-0.15, -0.1) is 0 Å². The number of fused-ring (bicyclic) bond motifs is 1. The second-order valence-corrected chi connectivity index (χ2v) is 7.93. The summed E-state index contributed by atoms with van der Waals surface area (Å²) in [6.07, 6.45) is 14.1. The van der Waals surface area contributed by atoms with Crippen LogP contribution in [-0.2, 0) is 0 Å². The van der Waals surface area contributed by atoms with Crippen LogP contribution >= 0.6 is 0 Å². The molecule has 0 aromatic carbocycles. The van der Waals surface area contributed by atoms with Crippen molar-refractivity contribution in [2.24, 2.45) is 5.41 Å². The number of aryl methyl sites for hydroxylation is 1. The fourth-order valence-corrected chi connectivity index (χ4v) is 3.77. The van der Waals surface area contributed by atoms with Crippen molar-refractivity contribution >= 4 is 22.8 Å². The van der Waals surface area contributed by atoms with E-state index in [0.717, 1.165) is 41.9 Å². The summed E-state index contributed by atoms with van der Waals surface area (Å²) in [4.78, 5) is 9.40. The molecule has 1 aliphatic carbocycles. The third-order valence-electron chi connectivity index (χ3n) is 6.00. The van der Waals surface area contributed by atoms with E-state index in [-0.39, 0.29) is 5.41 Å². The highest BCUT2D eigenvalue weighted by atomic mass is 15.2. The molecule has 3 aromatic heterocycles. The summed E-state index contributed by atoms with van der Waals surface area (Å²) < 4.78 is 2.26. The first-order valence-electron chi connectivity index (χ1n) is 9.96. The van der Waals surface area contributed by atoms with Gasteiger partial charge < -0.3 is 9.88 Å². The van der Waals surface area contributed by atoms with Crippen molar-refractivity contribution < 1.29 is 0 Å². The molecule has 2 atom stereocenters. The first kappa shape index (κ1) is 18.5. The predicted molar refractivity (Wildman–Crippen MR) is 114 cm³/mol. The Hall–Kier alpha value is -2.89. The standard InChI is InChI=1S/C22H28N6/c1-5-22(4)11-6-7-17(9-8-15(22)2)28-12-10-18-21(28)25-20(14-23-18)24-19-13-16(3)26-27-19/h6,8,10-14,17H,5,7,9H2,1-4H3,(H2,24,25,26,27)/b11-6-,15-8?. The largest absolute Gasteiger partial charge is 0.327 e. The number of allylic oxidation sites excluding steroid dienone is 4. The Labute approximate surface area is 165 Å². The Bertz CT molecular complexity index is 1040. The summed E-state index contributed by atoms with van der Waals surface area (Å²) in [6, 6.07) is 4.32. The normalized spacial score (nSPS) is 23.9. The number of nitrogens with one attached hydrogen (secondary N) is 2. The Kier molecular flexibility index (Phi) is 4.79. The summed E-state index contributed by atoms with van der Waals surface area (Å²) in [5.41, 5.74) is 4.43. The minimum Gasteiger partial charge on any atom is -0.327 e. The summed E-state index contributed by atoms with van der Waals surface area (Å²) >= 11 is 0. The van der Waals surface area contributed by atoms with Crippen LogP contribution < -0.4 is 5.32 Å². The molecule has 6 nitrogen and oxygen atoms in total. The molecule has 4 rings (SSSR count). The number of nitrogens with zero attached hydrogens (tertiary/aromatic N) is 4. The molecule has 6 heteroatoms. The molecular weight excluding hydrogens is 348 g/mol. The summed E-state index contributed by atoms with van der Waals surface area (Å²) in [5.74, 6) is 1.45. The van der Waals surface area contributed by atoms with E-state index in [2.05, 4.69) is 70.3 Å². The van der Waals surface area contributed by atoms with Crippen LogP contribution in [-0.4, -0.2) is 24.7 Å². The number of hydrogen-bond donors (Lipinski definition) is 2. The third kappa shape index (κ3) is 3.46. The van der Waals surface area contributed by atoms with Crippen molar-refractivity contribution in [1.82, 2.24) is 24.7 Å². The van der Waals surface area contributed by atoms with Gasteiger partial charge in [-0.05, 0) is 39.2 Å². The van der Waals surface area contributed by atoms with Gasteiger partial charge >= 0.3 is 0 Å². The number of aromatic amines is 1. The molecule has 0 amide bonds. The van der Waals surface area contributed by atoms with Gasteiger partial charge in [0.25, 0.3) is 0 Å². The van der Waals surface area contributed by atoms with Gasteiger partial charge in [0.15, 0.2) is 17.3 Å². The number of hydrogen-bond acceptors (Lipinski definition) is 4. The zero-order valence-electron chi connectivity index (χ0n) is 17.0. The lowest BCUT2D eigenvalue weighted by Gasteiger charge is -2.29. The van der Waals surface area contributed by atoms with Gasteiger partial charge in [0.2, 0.25) is 0 Å². The van der Waals surface area contributed by atoms with E-state index in [4.69, 9.17) is 4.98 Å². The van der Waals surface area contributed by atoms with Crippen molar-refractivity contribution in [3.63, 3.8) is 0 Å². The van der Waals surface area contributed by atoms with Gasteiger partial charge in [0, 0.05) is 29.4 Å². The minimum atomic E-state index is 0.169. The lowest BCUT2D eigenvalue weighted by molar-refractivity contribution is 0.462. The lowest BCUT2D eigenvalue weighted by Crippen LogP contribution is -2.17. The topological polar surface area (TPSA) is 71.4 Å². The molecular formula is C22H28N6. The zero-order chi connectivity index (χ0) is 19.7. The quantitative estimate of drug-likeness (QED) is 0.593. The molecule has 3 aromatic rings. The first-order chi connectivity index (χ1) is 13.5. The van der Waals surface area contributed by atoms with Crippen molar-refractivity contribution in [2.75, 3.05) is 5.32 Å². The molecule has 1 aliphatic rings. The van der Waals surface area contributed by atoms with Crippen LogP contribution in [0.3, 0.4) is 0 Å². The molecule has 2 N–H and O–H groups in total. The molecule has 0 radical (unpaired) electrons. The highest BCUT2D eigenvalue weighted by molar-refractivity contribution is 5.73. The molecule has 0 saturated heterocycles. The average molecular weight is 377 g/mol. The van der Waals surface area contributed by atoms with Gasteiger partial charge in [0.05, 0.1) is 6.20 Å². The Morgan fingerprint density at radius 2 is 2.14 bits per heavy atom. The molecule has 0 saturated carbocycles. The maximum atomic E-state index is 4.82. The molecule has 0 aliphatic heterocycles. The van der Waals surface area contributed by atoms with Gasteiger partial charge in [-0.3, -0.25) is 5.10 Å². The molecule has 0 fully saturated rings. The second kappa shape index (κ2) is 7.26. The minimum absolute atomic E-state index is 0.169. The second-order valence-electron chi connectivity index (χ2n) is 7.93. The highest BCUT2D eigenvalue weighted by Crippen LogP contribution is 2.36. The monoisotopic (exact) mass is 376 g/mol. The molecule has 0 bridgehead atoms. The van der Waals surface area contributed by atoms with E-state index in [9.17, 15) is 0 Å². The van der Waals surface area contributed by atoms with Gasteiger partial charge in [-0.2, -0.15) is 5.10 Å². The Morgan fingerprint density at radius 3 is 2.89 bits per heavy atom. The molecule has 2 unspecified atom stereocenters. The van der Waals surface area contributed by atoms with Crippen molar-refractivity contribution in [3.05, 3.63) is 54.0 Å². The predicted octanol–water partition coefficient (Wildman–Crippen LogP) is 5.46. The van der Waals surface area contributed by atoms with Crippen LogP contribution in [0.5, 0.6) is 0 Å². The third-order valence-corrected chi connectivity index (χ3v) is 6.00. The average Bonchev–Trinajstić information content (AvgIpc) is 3.28. The smallest absolute Gasteiger partial charge is 0.161 e. The van der Waals surface area contributed by atoms with Crippen LogP contribution in [0.1, 0.15) is 51.8 Å². The van der Waals surface area contributed by atoms with Crippen LogP contribution in [0.4, 0.5) is 11.6 Å². The number of rotatable bonds is 4. The number of anilines is 2. The summed E-state index contributed by atoms with van der Waals surface area (Å²) in [6.45, 7) is 8.79. The van der Waals surface area contributed by atoms with Crippen LogP contribution in [0.15, 0.2) is 48.3 Å². The van der Waals surface area contributed by atoms with E-state index in [1.807, 2.05) is 19.1 Å². The maximum Gasteiger partial charge on any atom is 0.161 e. The molecule has 3 heterocycles. The van der Waals surface area contributed by atoms with Crippen LogP contribution in [0, 0.1) is 12.3 Å². The first-order valence-corrected chi connectivity index (χ1v) is 9.96. The summed E-state index contributed by atoms with van der Waals surface area (Å²) in [7, 11) is 0. The number of aromatic nitrogens is 5. The fourth-order valence-electron chi connectivity index (χ4n) is 3.77. The lowest BCUT2D eigenvalue weighted by atomic mass is 9.78. The fraction of sp³-hybridized carbons (Fsp3) is 0.409. The van der Waals surface area contributed by atoms with Crippen LogP contribution in [0.25, 0.3) is 11.2 Å². The van der Waals surface area contributed by atoms with E-state index >= 15 is 0 Å². The SMILES string of the molecule is CCC1(C)/C=C\CC(n2ccc3ncc(Nc4cc(C)[nH]n4)nc32)CC=C1C. The molecule has 28 heavy (non-hydrogen) atoms. The van der Waals surface area contributed by atoms with E-state index in [0.29, 0.717) is 11.9 Å². The number of H-pyrrole nitrogens is 1. The van der Waals surface area contributed by atoms with Crippen molar-refractivity contribution in [2.45, 2.75) is 53.0 Å². The van der Waals surface area contributed by atoms with E-state index < -0.39 is 0 Å². The van der Waals surface area contributed by atoms with Crippen molar-refractivity contribution in [3.8, 4) is 0 Å². The Morgan fingerprint density at radius 1 is 1.29 bits per heavy atom. The van der Waals surface area contributed by atoms with Gasteiger partial charge in [0.1, 0.15) is 5.52 Å². The van der Waals surface area contributed by atoms with Gasteiger partial charge in [-0.1, -0.05) is 37.6 Å². The molecule has 0 spiro atoms. The van der Waals surface area contributed by atoms with Crippen LogP contribution in [0.2, 0.25) is 0 Å². The molecule has 146 valence electrons. The van der Waals surface area contributed by atoms with Gasteiger partial charge in [-0.25, -0.2) is 9.97 Å².